The van der Waals surface area contributed by atoms with Crippen molar-refractivity contribution in [1.29, 1.82) is 0 Å². The summed E-state index contributed by atoms with van der Waals surface area (Å²) in [6.45, 7) is 2.27. The van der Waals surface area contributed by atoms with Gasteiger partial charge in [-0.05, 0) is 50.2 Å². The monoisotopic (exact) mass is 299 g/mol. The molecule has 4 rings (SSSR count). The normalized spacial score (nSPS) is 35.7. The Bertz CT molecular complexity index is 670. The predicted octanol–water partition coefficient (Wildman–Crippen LogP) is 2.36. The summed E-state index contributed by atoms with van der Waals surface area (Å²) in [6.07, 6.45) is 4.29. The highest BCUT2D eigenvalue weighted by molar-refractivity contribution is 5.91. The number of carboxylic acids is 1. The largest absolute Gasteiger partial charge is 0.480 e. The zero-order valence-corrected chi connectivity index (χ0v) is 12.8. The molecule has 3 aliphatic rings. The van der Waals surface area contributed by atoms with Gasteiger partial charge in [-0.3, -0.25) is 4.79 Å². The molecule has 1 heterocycles. The number of aliphatic carboxylic acids is 1. The lowest BCUT2D eigenvalue weighted by molar-refractivity contribution is -0.156. The minimum absolute atomic E-state index is 0.00429. The molecule has 0 bridgehead atoms. The number of carbonyl (C=O) groups is 2. The minimum atomic E-state index is -1.01. The second-order valence-electron chi connectivity index (χ2n) is 7.24. The van der Waals surface area contributed by atoms with Crippen LogP contribution in [0, 0.1) is 5.92 Å². The van der Waals surface area contributed by atoms with Crippen LogP contribution >= 0.6 is 0 Å². The molecule has 116 valence electrons. The molecular formula is C18H21NO3. The van der Waals surface area contributed by atoms with Gasteiger partial charge in [0, 0.05) is 17.9 Å². The summed E-state index contributed by atoms with van der Waals surface area (Å²) < 4.78 is 0. The molecule has 0 aromatic heterocycles. The summed E-state index contributed by atoms with van der Waals surface area (Å²) in [7, 11) is 0. The molecule has 1 aromatic rings. The van der Waals surface area contributed by atoms with Gasteiger partial charge in [-0.25, -0.2) is 4.79 Å². The SMILES string of the molecule is CC1(C(=O)O)CCCN1C(=O)C1CC12CCc1ccccc12. The number of benzene rings is 1. The smallest absolute Gasteiger partial charge is 0.329 e. The average molecular weight is 299 g/mol. The highest BCUT2D eigenvalue weighted by Gasteiger charge is 2.63. The molecule has 2 fully saturated rings. The van der Waals surface area contributed by atoms with Gasteiger partial charge in [0.1, 0.15) is 5.54 Å². The molecule has 1 amide bonds. The van der Waals surface area contributed by atoms with E-state index in [1.807, 2.05) is 6.07 Å². The van der Waals surface area contributed by atoms with Crippen LogP contribution in [0.15, 0.2) is 24.3 Å². The Morgan fingerprint density at radius 2 is 2.05 bits per heavy atom. The lowest BCUT2D eigenvalue weighted by Crippen LogP contribution is -2.51. The van der Waals surface area contributed by atoms with Crippen LogP contribution in [0.25, 0.3) is 0 Å². The topological polar surface area (TPSA) is 57.6 Å². The Morgan fingerprint density at radius 1 is 1.27 bits per heavy atom. The summed E-state index contributed by atoms with van der Waals surface area (Å²) in [5, 5.41) is 9.51. The van der Waals surface area contributed by atoms with Gasteiger partial charge in [-0.1, -0.05) is 24.3 Å². The van der Waals surface area contributed by atoms with Gasteiger partial charge >= 0.3 is 5.97 Å². The van der Waals surface area contributed by atoms with Crippen LogP contribution in [-0.4, -0.2) is 34.0 Å². The molecule has 2 aliphatic carbocycles. The Balaban J connectivity index is 1.61. The number of carbonyl (C=O) groups excluding carboxylic acids is 1. The maximum atomic E-state index is 13.0. The number of rotatable bonds is 2. The maximum absolute atomic E-state index is 13.0. The van der Waals surface area contributed by atoms with E-state index in [0.29, 0.717) is 13.0 Å². The van der Waals surface area contributed by atoms with Gasteiger partial charge in [0.15, 0.2) is 0 Å². The Labute approximate surface area is 130 Å². The van der Waals surface area contributed by atoms with E-state index in [9.17, 15) is 14.7 Å². The predicted molar refractivity (Wildman–Crippen MR) is 81.5 cm³/mol. The van der Waals surface area contributed by atoms with E-state index in [0.717, 1.165) is 25.7 Å². The van der Waals surface area contributed by atoms with Crippen LogP contribution < -0.4 is 0 Å². The van der Waals surface area contributed by atoms with Crippen LogP contribution in [0.2, 0.25) is 0 Å². The van der Waals surface area contributed by atoms with Crippen molar-refractivity contribution in [3.05, 3.63) is 35.4 Å². The second-order valence-corrected chi connectivity index (χ2v) is 7.24. The molecule has 3 atom stereocenters. The first-order valence-corrected chi connectivity index (χ1v) is 8.12. The van der Waals surface area contributed by atoms with Crippen LogP contribution in [0.4, 0.5) is 0 Å². The van der Waals surface area contributed by atoms with Gasteiger partial charge < -0.3 is 10.0 Å². The van der Waals surface area contributed by atoms with Gasteiger partial charge in [-0.2, -0.15) is 0 Å². The van der Waals surface area contributed by atoms with Crippen LogP contribution in [0.1, 0.15) is 43.7 Å². The first kappa shape index (κ1) is 13.8. The van der Waals surface area contributed by atoms with Crippen molar-refractivity contribution < 1.29 is 14.7 Å². The van der Waals surface area contributed by atoms with Crippen molar-refractivity contribution in [3.63, 3.8) is 0 Å². The van der Waals surface area contributed by atoms with Crippen molar-refractivity contribution >= 4 is 11.9 Å². The lowest BCUT2D eigenvalue weighted by atomic mass is 9.93. The Kier molecular flexibility index (Phi) is 2.72. The fourth-order valence-electron chi connectivity index (χ4n) is 4.65. The summed E-state index contributed by atoms with van der Waals surface area (Å²) >= 11 is 0. The van der Waals surface area contributed by atoms with Crippen molar-refractivity contribution in [3.8, 4) is 0 Å². The first-order valence-electron chi connectivity index (χ1n) is 8.12. The Morgan fingerprint density at radius 3 is 2.82 bits per heavy atom. The highest BCUT2D eigenvalue weighted by atomic mass is 16.4. The molecular weight excluding hydrogens is 278 g/mol. The molecule has 4 nitrogen and oxygen atoms in total. The molecule has 3 unspecified atom stereocenters. The van der Waals surface area contributed by atoms with Crippen LogP contribution in [-0.2, 0) is 21.4 Å². The standard InChI is InChI=1S/C18H21NO3/c1-17(16(21)22)8-4-10-19(17)15(20)14-11-18(14)9-7-12-5-2-3-6-13(12)18/h2-3,5-6,14H,4,7-11H2,1H3,(H,21,22). The molecule has 1 aromatic carbocycles. The summed E-state index contributed by atoms with van der Waals surface area (Å²) in [6, 6.07) is 8.40. The van der Waals surface area contributed by atoms with E-state index in [-0.39, 0.29) is 17.2 Å². The maximum Gasteiger partial charge on any atom is 0.329 e. The third kappa shape index (κ3) is 1.64. The molecule has 1 spiro atoms. The number of hydrogen-bond donors (Lipinski definition) is 1. The number of nitrogens with zero attached hydrogens (tertiary/aromatic N) is 1. The molecule has 22 heavy (non-hydrogen) atoms. The van der Waals surface area contributed by atoms with Crippen molar-refractivity contribution in [2.24, 2.45) is 5.92 Å². The average Bonchev–Trinajstić information content (AvgIpc) is 2.91. The fraction of sp³-hybridized carbons (Fsp3) is 0.556. The van der Waals surface area contributed by atoms with Crippen molar-refractivity contribution in [1.82, 2.24) is 4.90 Å². The van der Waals surface area contributed by atoms with Crippen molar-refractivity contribution in [2.45, 2.75) is 50.0 Å². The molecule has 1 N–H and O–H groups in total. The molecule has 1 saturated heterocycles. The number of amides is 1. The summed E-state index contributed by atoms with van der Waals surface area (Å²) in [5.74, 6) is -0.841. The highest BCUT2D eigenvalue weighted by Crippen LogP contribution is 2.62. The Hall–Kier alpha value is -1.84. The number of fused-ring (bicyclic) bond motifs is 2. The zero-order valence-electron chi connectivity index (χ0n) is 12.8. The third-order valence-corrected chi connectivity index (χ3v) is 6.14. The van der Waals surface area contributed by atoms with E-state index < -0.39 is 11.5 Å². The number of likely N-dealkylation sites (tertiary alicyclic amines) is 1. The number of carboxylic acid groups (broad SMARTS) is 1. The quantitative estimate of drug-likeness (QED) is 0.912. The summed E-state index contributed by atoms with van der Waals surface area (Å²) in [4.78, 5) is 26.2. The molecule has 1 aliphatic heterocycles. The summed E-state index contributed by atoms with van der Waals surface area (Å²) in [5.41, 5.74) is 1.67. The van der Waals surface area contributed by atoms with Crippen molar-refractivity contribution in [2.75, 3.05) is 6.54 Å². The second kappa shape index (κ2) is 4.34. The van der Waals surface area contributed by atoms with Gasteiger partial charge in [0.25, 0.3) is 0 Å². The van der Waals surface area contributed by atoms with E-state index in [4.69, 9.17) is 0 Å². The van der Waals surface area contributed by atoms with Gasteiger partial charge in [-0.15, -0.1) is 0 Å². The number of hydrogen-bond acceptors (Lipinski definition) is 2. The number of aryl methyl sites for hydroxylation is 1. The van der Waals surface area contributed by atoms with Crippen LogP contribution in [0.5, 0.6) is 0 Å². The zero-order chi connectivity index (χ0) is 15.5. The van der Waals surface area contributed by atoms with E-state index >= 15 is 0 Å². The van der Waals surface area contributed by atoms with E-state index in [2.05, 4.69) is 18.2 Å². The first-order chi connectivity index (χ1) is 10.5. The fourth-order valence-corrected chi connectivity index (χ4v) is 4.65. The molecule has 4 heteroatoms. The minimum Gasteiger partial charge on any atom is -0.480 e. The van der Waals surface area contributed by atoms with Gasteiger partial charge in [0.2, 0.25) is 5.91 Å². The molecule has 1 saturated carbocycles. The van der Waals surface area contributed by atoms with E-state index in [1.54, 1.807) is 11.8 Å². The lowest BCUT2D eigenvalue weighted by Gasteiger charge is -2.32. The molecule has 0 radical (unpaired) electrons. The van der Waals surface area contributed by atoms with Gasteiger partial charge in [0.05, 0.1) is 0 Å². The van der Waals surface area contributed by atoms with E-state index in [1.165, 1.54) is 11.1 Å². The van der Waals surface area contributed by atoms with Crippen LogP contribution in [0.3, 0.4) is 0 Å². The third-order valence-electron chi connectivity index (χ3n) is 6.14.